The van der Waals surface area contributed by atoms with Crippen LogP contribution in [0.25, 0.3) is 5.52 Å². The summed E-state index contributed by atoms with van der Waals surface area (Å²) in [5.74, 6) is -0.312. The predicted octanol–water partition coefficient (Wildman–Crippen LogP) is 2.54. The minimum absolute atomic E-state index is 0.312. The summed E-state index contributed by atoms with van der Waals surface area (Å²) in [5, 5.41) is 0. The van der Waals surface area contributed by atoms with Crippen molar-refractivity contribution < 1.29 is 4.39 Å². The maximum Gasteiger partial charge on any atom is 0.213 e. The van der Waals surface area contributed by atoms with Gasteiger partial charge in [0.15, 0.2) is 0 Å². The van der Waals surface area contributed by atoms with Gasteiger partial charge in [-0.25, -0.2) is 4.98 Å². The van der Waals surface area contributed by atoms with Crippen LogP contribution in [-0.4, -0.2) is 9.38 Å². The fourth-order valence-electron chi connectivity index (χ4n) is 1.14. The quantitative estimate of drug-likeness (QED) is 0.634. The molecule has 0 aliphatic heterocycles. The van der Waals surface area contributed by atoms with Gasteiger partial charge in [-0.05, 0) is 35.0 Å². The van der Waals surface area contributed by atoms with Crippen LogP contribution >= 0.6 is 15.9 Å². The second-order valence-corrected chi connectivity index (χ2v) is 3.41. The number of hydrogen-bond donors (Lipinski definition) is 0. The van der Waals surface area contributed by atoms with Crippen molar-refractivity contribution in [3.05, 3.63) is 34.6 Å². The Labute approximate surface area is 77.2 Å². The van der Waals surface area contributed by atoms with Crippen LogP contribution in [0.3, 0.4) is 0 Å². The standard InChI is InChI=1S/C8H6BrFN2/c1-5-7-3-2-6(9)8(10)12(7)4-11-5/h2-4H,1H3. The van der Waals surface area contributed by atoms with E-state index in [0.29, 0.717) is 4.47 Å². The highest BCUT2D eigenvalue weighted by Gasteiger charge is 2.06. The lowest BCUT2D eigenvalue weighted by Gasteiger charge is -1.98. The molecule has 12 heavy (non-hydrogen) atoms. The molecular formula is C8H6BrFN2. The van der Waals surface area contributed by atoms with Gasteiger partial charge in [-0.15, -0.1) is 0 Å². The van der Waals surface area contributed by atoms with Crippen LogP contribution in [0.4, 0.5) is 4.39 Å². The van der Waals surface area contributed by atoms with Crippen molar-refractivity contribution in [3.63, 3.8) is 0 Å². The summed E-state index contributed by atoms with van der Waals surface area (Å²) in [7, 11) is 0. The van der Waals surface area contributed by atoms with Crippen molar-refractivity contribution in [2.24, 2.45) is 0 Å². The third-order valence-electron chi connectivity index (χ3n) is 1.79. The van der Waals surface area contributed by atoms with Crippen LogP contribution in [0.1, 0.15) is 5.69 Å². The number of halogens is 2. The number of nitrogens with zero attached hydrogens (tertiary/aromatic N) is 2. The molecule has 0 unspecified atom stereocenters. The second-order valence-electron chi connectivity index (χ2n) is 2.56. The molecule has 0 bridgehead atoms. The van der Waals surface area contributed by atoms with E-state index < -0.39 is 0 Å². The molecule has 0 radical (unpaired) electrons. The predicted molar refractivity (Wildman–Crippen MR) is 47.6 cm³/mol. The minimum Gasteiger partial charge on any atom is -0.274 e. The fraction of sp³-hybridized carbons (Fsp3) is 0.125. The van der Waals surface area contributed by atoms with Gasteiger partial charge in [-0.1, -0.05) is 0 Å². The number of hydrogen-bond acceptors (Lipinski definition) is 1. The summed E-state index contributed by atoms with van der Waals surface area (Å²) >= 11 is 3.10. The Bertz CT molecular complexity index is 436. The van der Waals surface area contributed by atoms with E-state index in [1.54, 1.807) is 6.07 Å². The largest absolute Gasteiger partial charge is 0.274 e. The Hall–Kier alpha value is -0.900. The van der Waals surface area contributed by atoms with Gasteiger partial charge in [0.1, 0.15) is 6.33 Å². The molecule has 0 aromatic carbocycles. The lowest BCUT2D eigenvalue weighted by molar-refractivity contribution is 0.560. The van der Waals surface area contributed by atoms with Crippen molar-refractivity contribution in [1.29, 1.82) is 0 Å². The molecule has 0 spiro atoms. The summed E-state index contributed by atoms with van der Waals surface area (Å²) in [5.41, 5.74) is 1.64. The number of fused-ring (bicyclic) bond motifs is 1. The van der Waals surface area contributed by atoms with Crippen molar-refractivity contribution in [1.82, 2.24) is 9.38 Å². The van der Waals surface area contributed by atoms with E-state index in [9.17, 15) is 4.39 Å². The summed E-state index contributed by atoms with van der Waals surface area (Å²) in [6, 6.07) is 3.51. The zero-order valence-electron chi connectivity index (χ0n) is 6.38. The zero-order valence-corrected chi connectivity index (χ0v) is 7.97. The fourth-order valence-corrected chi connectivity index (χ4v) is 1.46. The summed E-state index contributed by atoms with van der Waals surface area (Å²) in [6.45, 7) is 1.85. The Morgan fingerprint density at radius 2 is 2.25 bits per heavy atom. The average Bonchev–Trinajstić information content (AvgIpc) is 2.41. The van der Waals surface area contributed by atoms with E-state index >= 15 is 0 Å². The van der Waals surface area contributed by atoms with Crippen LogP contribution in [0.2, 0.25) is 0 Å². The van der Waals surface area contributed by atoms with Gasteiger partial charge in [0, 0.05) is 0 Å². The molecule has 62 valence electrons. The van der Waals surface area contributed by atoms with Gasteiger partial charge in [0.05, 0.1) is 15.7 Å². The van der Waals surface area contributed by atoms with Gasteiger partial charge in [0.2, 0.25) is 5.95 Å². The Morgan fingerprint density at radius 3 is 3.00 bits per heavy atom. The molecule has 0 N–H and O–H groups in total. The highest BCUT2D eigenvalue weighted by atomic mass is 79.9. The number of aromatic nitrogens is 2. The lowest BCUT2D eigenvalue weighted by Crippen LogP contribution is -1.91. The minimum atomic E-state index is -0.312. The van der Waals surface area contributed by atoms with E-state index in [2.05, 4.69) is 20.9 Å². The average molecular weight is 229 g/mol. The first-order valence-electron chi connectivity index (χ1n) is 3.48. The molecule has 0 fully saturated rings. The molecule has 2 nitrogen and oxygen atoms in total. The van der Waals surface area contributed by atoms with Crippen molar-refractivity contribution in [2.45, 2.75) is 6.92 Å². The first-order valence-corrected chi connectivity index (χ1v) is 4.27. The first kappa shape index (κ1) is 7.73. The highest BCUT2D eigenvalue weighted by Crippen LogP contribution is 2.18. The van der Waals surface area contributed by atoms with Crippen LogP contribution in [0.15, 0.2) is 22.9 Å². The molecule has 0 saturated carbocycles. The monoisotopic (exact) mass is 228 g/mol. The Morgan fingerprint density at radius 1 is 1.50 bits per heavy atom. The van der Waals surface area contributed by atoms with E-state index in [0.717, 1.165) is 11.2 Å². The van der Waals surface area contributed by atoms with Gasteiger partial charge >= 0.3 is 0 Å². The second kappa shape index (κ2) is 2.55. The maximum absolute atomic E-state index is 13.3. The maximum atomic E-state index is 13.3. The SMILES string of the molecule is Cc1ncn2c(F)c(Br)ccc12. The number of aryl methyl sites for hydroxylation is 1. The molecule has 0 amide bonds. The highest BCUT2D eigenvalue weighted by molar-refractivity contribution is 9.10. The van der Waals surface area contributed by atoms with Crippen molar-refractivity contribution in [3.8, 4) is 0 Å². The molecule has 2 aromatic rings. The van der Waals surface area contributed by atoms with Crippen LogP contribution in [0.5, 0.6) is 0 Å². The summed E-state index contributed by atoms with van der Waals surface area (Å²) in [6.07, 6.45) is 1.48. The topological polar surface area (TPSA) is 17.3 Å². The van der Waals surface area contributed by atoms with Gasteiger partial charge in [0.25, 0.3) is 0 Å². The van der Waals surface area contributed by atoms with Gasteiger partial charge in [-0.3, -0.25) is 4.40 Å². The molecule has 0 aliphatic carbocycles. The zero-order chi connectivity index (χ0) is 8.72. The molecular weight excluding hydrogens is 223 g/mol. The third kappa shape index (κ3) is 0.948. The summed E-state index contributed by atoms with van der Waals surface area (Å²) in [4.78, 5) is 4.00. The smallest absolute Gasteiger partial charge is 0.213 e. The number of pyridine rings is 1. The van der Waals surface area contributed by atoms with Crippen molar-refractivity contribution >= 4 is 21.4 Å². The molecule has 2 heterocycles. The van der Waals surface area contributed by atoms with E-state index in [1.165, 1.54) is 10.7 Å². The third-order valence-corrected chi connectivity index (χ3v) is 2.38. The Kier molecular flexibility index (Phi) is 1.65. The number of rotatable bonds is 0. The molecule has 0 aliphatic rings. The summed E-state index contributed by atoms with van der Waals surface area (Å²) < 4.78 is 15.2. The van der Waals surface area contributed by atoms with Crippen LogP contribution < -0.4 is 0 Å². The van der Waals surface area contributed by atoms with E-state index in [1.807, 2.05) is 13.0 Å². The van der Waals surface area contributed by atoms with Crippen LogP contribution in [-0.2, 0) is 0 Å². The molecule has 0 saturated heterocycles. The van der Waals surface area contributed by atoms with Gasteiger partial charge < -0.3 is 0 Å². The first-order chi connectivity index (χ1) is 5.70. The molecule has 2 aromatic heterocycles. The normalized spacial score (nSPS) is 10.9. The number of imidazole rings is 1. The van der Waals surface area contributed by atoms with Gasteiger partial charge in [-0.2, -0.15) is 4.39 Å². The lowest BCUT2D eigenvalue weighted by atomic mass is 10.3. The molecule has 0 atom stereocenters. The van der Waals surface area contributed by atoms with Crippen LogP contribution in [0, 0.1) is 12.9 Å². The van der Waals surface area contributed by atoms with E-state index in [4.69, 9.17) is 0 Å². The molecule has 2 rings (SSSR count). The Balaban J connectivity index is 2.93. The molecule has 4 heteroatoms. The van der Waals surface area contributed by atoms with Crippen molar-refractivity contribution in [2.75, 3.05) is 0 Å². The van der Waals surface area contributed by atoms with E-state index in [-0.39, 0.29) is 5.95 Å².